The van der Waals surface area contributed by atoms with Crippen LogP contribution in [-0.4, -0.2) is 27.8 Å². The molecule has 0 saturated carbocycles. The molecular weight excluding hydrogens is 218 g/mol. The van der Waals surface area contributed by atoms with Crippen molar-refractivity contribution in [1.82, 2.24) is 9.55 Å². The van der Waals surface area contributed by atoms with E-state index in [1.54, 1.807) is 17.0 Å². The van der Waals surface area contributed by atoms with E-state index in [4.69, 9.17) is 5.11 Å². The molecule has 96 valence electrons. The summed E-state index contributed by atoms with van der Waals surface area (Å²) in [7, 11) is 0. The number of anilines is 1. The lowest BCUT2D eigenvalue weighted by Crippen LogP contribution is -2.26. The zero-order valence-corrected chi connectivity index (χ0v) is 10.5. The lowest BCUT2D eigenvalue weighted by atomic mass is 10.1. The van der Waals surface area contributed by atoms with Crippen LogP contribution in [0.3, 0.4) is 0 Å². The Kier molecular flexibility index (Phi) is 5.69. The van der Waals surface area contributed by atoms with Crippen LogP contribution in [0.25, 0.3) is 0 Å². The van der Waals surface area contributed by atoms with Crippen molar-refractivity contribution < 1.29 is 5.11 Å². The summed E-state index contributed by atoms with van der Waals surface area (Å²) in [5.41, 5.74) is -0.0782. The minimum absolute atomic E-state index is 0.0782. The molecule has 0 radical (unpaired) electrons. The normalized spacial score (nSPS) is 12.4. The minimum Gasteiger partial charge on any atom is -0.396 e. The van der Waals surface area contributed by atoms with Crippen LogP contribution in [0, 0.1) is 5.92 Å². The number of aliphatic hydroxyl groups excluding tert-OH is 1. The first kappa shape index (κ1) is 13.7. The van der Waals surface area contributed by atoms with Crippen LogP contribution < -0.4 is 10.9 Å². The van der Waals surface area contributed by atoms with E-state index < -0.39 is 0 Å². The molecule has 1 heterocycles. The fourth-order valence-corrected chi connectivity index (χ4v) is 1.58. The molecule has 1 aromatic rings. The summed E-state index contributed by atoms with van der Waals surface area (Å²) >= 11 is 0. The van der Waals surface area contributed by atoms with Crippen molar-refractivity contribution in [2.75, 3.05) is 18.5 Å². The molecule has 0 spiro atoms. The van der Waals surface area contributed by atoms with Gasteiger partial charge in [0, 0.05) is 32.1 Å². The number of nitrogens with zero attached hydrogens (tertiary/aromatic N) is 2. The molecular formula is C12H21N3O2. The summed E-state index contributed by atoms with van der Waals surface area (Å²) < 4.78 is 1.66. The molecule has 0 aromatic carbocycles. The predicted molar refractivity (Wildman–Crippen MR) is 68.1 cm³/mol. The van der Waals surface area contributed by atoms with Gasteiger partial charge in [0.1, 0.15) is 0 Å². The molecule has 0 bridgehead atoms. The number of aryl methyl sites for hydroxylation is 1. The third-order valence-corrected chi connectivity index (χ3v) is 2.62. The first-order valence-electron chi connectivity index (χ1n) is 6.09. The molecule has 0 saturated heterocycles. The molecule has 0 fully saturated rings. The van der Waals surface area contributed by atoms with Gasteiger partial charge in [-0.2, -0.15) is 0 Å². The number of nitrogens with one attached hydrogen (secondary N) is 1. The average Bonchev–Trinajstić information content (AvgIpc) is 2.31. The molecule has 0 aliphatic rings. The SMILES string of the molecule is CCCn1ccnc(NCC(C)CCO)c1=O. The highest BCUT2D eigenvalue weighted by Gasteiger charge is 2.06. The minimum atomic E-state index is -0.0782. The smallest absolute Gasteiger partial charge is 0.293 e. The van der Waals surface area contributed by atoms with Crippen molar-refractivity contribution >= 4 is 5.82 Å². The predicted octanol–water partition coefficient (Wildman–Crippen LogP) is 1.08. The Hall–Kier alpha value is -1.36. The van der Waals surface area contributed by atoms with Crippen molar-refractivity contribution in [2.45, 2.75) is 33.2 Å². The molecule has 1 atom stereocenters. The van der Waals surface area contributed by atoms with Crippen molar-refractivity contribution in [3.8, 4) is 0 Å². The number of hydrogen-bond acceptors (Lipinski definition) is 4. The largest absolute Gasteiger partial charge is 0.396 e. The molecule has 0 aliphatic carbocycles. The molecule has 1 unspecified atom stereocenters. The Morgan fingerprint density at radius 1 is 1.59 bits per heavy atom. The summed E-state index contributed by atoms with van der Waals surface area (Å²) in [5, 5.41) is 11.8. The van der Waals surface area contributed by atoms with Crippen LogP contribution in [0.1, 0.15) is 26.7 Å². The first-order valence-corrected chi connectivity index (χ1v) is 6.09. The molecule has 0 aliphatic heterocycles. The number of rotatable bonds is 7. The maximum atomic E-state index is 11.9. The van der Waals surface area contributed by atoms with E-state index in [0.29, 0.717) is 24.8 Å². The van der Waals surface area contributed by atoms with Gasteiger partial charge in [0.25, 0.3) is 5.56 Å². The van der Waals surface area contributed by atoms with Gasteiger partial charge in [-0.05, 0) is 18.8 Å². The maximum absolute atomic E-state index is 11.9. The van der Waals surface area contributed by atoms with Gasteiger partial charge in [0.05, 0.1) is 0 Å². The van der Waals surface area contributed by atoms with E-state index in [0.717, 1.165) is 12.8 Å². The van der Waals surface area contributed by atoms with E-state index in [2.05, 4.69) is 10.3 Å². The lowest BCUT2D eigenvalue weighted by Gasteiger charge is -2.12. The lowest BCUT2D eigenvalue weighted by molar-refractivity contribution is 0.266. The number of aliphatic hydroxyl groups is 1. The van der Waals surface area contributed by atoms with Crippen molar-refractivity contribution in [1.29, 1.82) is 0 Å². The van der Waals surface area contributed by atoms with Gasteiger partial charge in [-0.15, -0.1) is 0 Å². The topological polar surface area (TPSA) is 67.2 Å². The second kappa shape index (κ2) is 7.06. The highest BCUT2D eigenvalue weighted by molar-refractivity contribution is 5.30. The van der Waals surface area contributed by atoms with Crippen LogP contribution >= 0.6 is 0 Å². The Bertz CT molecular complexity index is 390. The standard InChI is InChI=1S/C12H21N3O2/c1-3-6-15-7-5-13-11(12(15)17)14-9-10(2)4-8-16/h5,7,10,16H,3-4,6,8-9H2,1-2H3,(H,13,14). The third kappa shape index (κ3) is 4.19. The van der Waals surface area contributed by atoms with Gasteiger partial charge in [-0.1, -0.05) is 13.8 Å². The van der Waals surface area contributed by atoms with Crippen LogP contribution in [0.4, 0.5) is 5.82 Å². The van der Waals surface area contributed by atoms with Gasteiger partial charge >= 0.3 is 0 Å². The Labute approximate surface area is 102 Å². The first-order chi connectivity index (χ1) is 8.19. The monoisotopic (exact) mass is 239 g/mol. The molecule has 2 N–H and O–H groups in total. The zero-order chi connectivity index (χ0) is 12.7. The van der Waals surface area contributed by atoms with Gasteiger partial charge in [-0.3, -0.25) is 4.79 Å². The van der Waals surface area contributed by atoms with Gasteiger partial charge < -0.3 is 15.0 Å². The molecule has 17 heavy (non-hydrogen) atoms. The highest BCUT2D eigenvalue weighted by Crippen LogP contribution is 2.02. The van der Waals surface area contributed by atoms with Crippen LogP contribution in [0.5, 0.6) is 0 Å². The van der Waals surface area contributed by atoms with Crippen molar-refractivity contribution in [3.05, 3.63) is 22.7 Å². The summed E-state index contributed by atoms with van der Waals surface area (Å²) in [6, 6.07) is 0. The fourth-order valence-electron chi connectivity index (χ4n) is 1.58. The third-order valence-electron chi connectivity index (χ3n) is 2.62. The average molecular weight is 239 g/mol. The van der Waals surface area contributed by atoms with Gasteiger partial charge in [0.2, 0.25) is 0 Å². The van der Waals surface area contributed by atoms with Crippen molar-refractivity contribution in [3.63, 3.8) is 0 Å². The van der Waals surface area contributed by atoms with Crippen LogP contribution in [-0.2, 0) is 6.54 Å². The Morgan fingerprint density at radius 2 is 2.35 bits per heavy atom. The van der Waals surface area contributed by atoms with Crippen molar-refractivity contribution in [2.24, 2.45) is 5.92 Å². The molecule has 5 nitrogen and oxygen atoms in total. The van der Waals surface area contributed by atoms with Gasteiger partial charge in [0.15, 0.2) is 5.82 Å². The summed E-state index contributed by atoms with van der Waals surface area (Å²) in [6.07, 6.45) is 4.98. The quantitative estimate of drug-likeness (QED) is 0.747. The molecule has 5 heteroatoms. The second-order valence-corrected chi connectivity index (χ2v) is 4.27. The van der Waals surface area contributed by atoms with E-state index in [1.165, 1.54) is 0 Å². The van der Waals surface area contributed by atoms with E-state index >= 15 is 0 Å². The number of hydrogen-bond donors (Lipinski definition) is 2. The molecule has 1 rings (SSSR count). The molecule has 0 amide bonds. The van der Waals surface area contributed by atoms with E-state index in [-0.39, 0.29) is 12.2 Å². The summed E-state index contributed by atoms with van der Waals surface area (Å²) in [5.74, 6) is 0.715. The second-order valence-electron chi connectivity index (χ2n) is 4.27. The fraction of sp³-hybridized carbons (Fsp3) is 0.667. The highest BCUT2D eigenvalue weighted by atomic mass is 16.3. The van der Waals surface area contributed by atoms with Crippen LogP contribution in [0.2, 0.25) is 0 Å². The maximum Gasteiger partial charge on any atom is 0.293 e. The Balaban J connectivity index is 2.65. The Morgan fingerprint density at radius 3 is 3.00 bits per heavy atom. The zero-order valence-electron chi connectivity index (χ0n) is 10.5. The number of aromatic nitrogens is 2. The summed E-state index contributed by atoms with van der Waals surface area (Å²) in [6.45, 7) is 5.59. The van der Waals surface area contributed by atoms with Crippen LogP contribution in [0.15, 0.2) is 17.2 Å². The molecule has 1 aromatic heterocycles. The van der Waals surface area contributed by atoms with Gasteiger partial charge in [-0.25, -0.2) is 4.98 Å². The van der Waals surface area contributed by atoms with E-state index in [9.17, 15) is 4.79 Å². The van der Waals surface area contributed by atoms with E-state index in [1.807, 2.05) is 13.8 Å². The summed E-state index contributed by atoms with van der Waals surface area (Å²) in [4.78, 5) is 16.0.